The number of nitrogens with one attached hydrogen (secondary N) is 1. The summed E-state index contributed by atoms with van der Waals surface area (Å²) in [5.74, 6) is -2.28. The summed E-state index contributed by atoms with van der Waals surface area (Å²) in [4.78, 5) is 35.1. The number of ether oxygens (including phenoxy) is 1. The molecule has 5 rings (SSSR count). The van der Waals surface area contributed by atoms with Crippen molar-refractivity contribution in [2.24, 2.45) is 5.92 Å². The van der Waals surface area contributed by atoms with Crippen LogP contribution in [0.2, 0.25) is 0 Å². The first kappa shape index (κ1) is 38.3. The highest BCUT2D eigenvalue weighted by Crippen LogP contribution is 2.38. The number of benzene rings is 2. The lowest BCUT2D eigenvalue weighted by molar-refractivity contribution is -0.135. The Morgan fingerprint density at radius 2 is 1.58 bits per heavy atom. The molecule has 0 bridgehead atoms. The zero-order valence-corrected chi connectivity index (χ0v) is 28.9. The van der Waals surface area contributed by atoms with Gasteiger partial charge in [-0.25, -0.2) is 13.8 Å². The van der Waals surface area contributed by atoms with Gasteiger partial charge in [-0.1, -0.05) is 38.1 Å². The molecule has 1 aliphatic heterocycles. The van der Waals surface area contributed by atoms with E-state index in [4.69, 9.17) is 0 Å². The lowest BCUT2D eigenvalue weighted by Gasteiger charge is -2.30. The number of aromatic nitrogens is 3. The van der Waals surface area contributed by atoms with E-state index < -0.39 is 72.7 Å². The van der Waals surface area contributed by atoms with Crippen molar-refractivity contribution >= 4 is 43.0 Å². The Balaban J connectivity index is 1.47. The van der Waals surface area contributed by atoms with E-state index in [1.807, 2.05) is 0 Å². The molecular formula is C31H29F6N5O8S2. The molecule has 13 nitrogen and oxygen atoms in total. The van der Waals surface area contributed by atoms with Crippen LogP contribution in [0, 0.1) is 5.92 Å². The molecule has 0 unspecified atom stereocenters. The van der Waals surface area contributed by atoms with Gasteiger partial charge in [0.05, 0.1) is 24.4 Å². The fourth-order valence-corrected chi connectivity index (χ4v) is 6.86. The number of hydrogen-bond acceptors (Lipinski definition) is 10. The van der Waals surface area contributed by atoms with Gasteiger partial charge in [0.15, 0.2) is 0 Å². The van der Waals surface area contributed by atoms with Crippen molar-refractivity contribution in [1.82, 2.24) is 24.2 Å². The normalized spacial score (nSPS) is 16.3. The lowest BCUT2D eigenvalue weighted by atomic mass is 10.0. The molecule has 21 heteroatoms. The molecule has 1 fully saturated rings. The van der Waals surface area contributed by atoms with Crippen LogP contribution in [0.5, 0.6) is 5.75 Å². The number of nitrogens with zero attached hydrogens (tertiary/aromatic N) is 4. The number of amides is 2. The molecule has 2 aromatic carbocycles. The van der Waals surface area contributed by atoms with Crippen LogP contribution in [0.4, 0.5) is 31.1 Å². The van der Waals surface area contributed by atoms with Crippen molar-refractivity contribution in [2.75, 3.05) is 13.7 Å². The molecule has 0 aliphatic carbocycles. The van der Waals surface area contributed by atoms with E-state index in [2.05, 4.69) is 24.2 Å². The van der Waals surface area contributed by atoms with Crippen molar-refractivity contribution in [1.29, 1.82) is 0 Å². The Morgan fingerprint density at radius 1 is 0.923 bits per heavy atom. The Kier molecular flexibility index (Phi) is 10.2. The summed E-state index contributed by atoms with van der Waals surface area (Å²) in [6.45, 7) is 3.33. The highest BCUT2D eigenvalue weighted by molar-refractivity contribution is 7.90. The Morgan fingerprint density at radius 3 is 2.17 bits per heavy atom. The summed E-state index contributed by atoms with van der Waals surface area (Å²) < 4.78 is 137. The summed E-state index contributed by atoms with van der Waals surface area (Å²) in [6, 6.07) is 8.58. The molecular weight excluding hydrogens is 748 g/mol. The maximum Gasteiger partial charge on any atom is 0.534 e. The highest BCUT2D eigenvalue weighted by Gasteiger charge is 2.50. The zero-order chi connectivity index (χ0) is 38.4. The standard InChI is InChI=1S/C31H29F6N5O8S2/c1-17(2)26(40-29(44)49-3)28(43)41-12-4-5-25(41)27-39-24(16-42(27)51(45,46)30(32,33)34)19-8-6-18(7-9-19)21-13-20-10-11-22(14-23(20)38-15-21)50-52(47,48)31(35,36)37/h6-11,13-17,25-26H,4-5,12H2,1-3H3,(H,40,44)/t25-,26-/m0/s1. The van der Waals surface area contributed by atoms with Crippen LogP contribution in [0.1, 0.15) is 38.6 Å². The topological polar surface area (TPSA) is 167 Å². The maximum absolute atomic E-state index is 13.9. The van der Waals surface area contributed by atoms with Gasteiger partial charge in [0.25, 0.3) is 0 Å². The third-order valence-corrected chi connectivity index (χ3v) is 10.5. The van der Waals surface area contributed by atoms with E-state index in [9.17, 15) is 52.8 Å². The average Bonchev–Trinajstić information content (AvgIpc) is 3.74. The number of methoxy groups -OCH3 is 1. The number of carbonyl (C=O) groups is 2. The summed E-state index contributed by atoms with van der Waals surface area (Å²) in [7, 11) is -10.8. The van der Waals surface area contributed by atoms with Gasteiger partial charge in [-0.15, -0.1) is 0 Å². The number of halogens is 6. The molecule has 4 aromatic rings. The molecule has 1 saturated heterocycles. The molecule has 0 saturated carbocycles. The largest absolute Gasteiger partial charge is 0.534 e. The van der Waals surface area contributed by atoms with E-state index in [0.717, 1.165) is 25.4 Å². The molecule has 52 heavy (non-hydrogen) atoms. The third-order valence-electron chi connectivity index (χ3n) is 8.14. The van der Waals surface area contributed by atoms with E-state index in [-0.39, 0.29) is 33.7 Å². The second-order valence-corrected chi connectivity index (χ2v) is 15.3. The summed E-state index contributed by atoms with van der Waals surface area (Å²) >= 11 is 0. The van der Waals surface area contributed by atoms with Gasteiger partial charge in [-0.2, -0.15) is 43.2 Å². The van der Waals surface area contributed by atoms with Crippen molar-refractivity contribution in [3.63, 3.8) is 0 Å². The fourth-order valence-electron chi connectivity index (χ4n) is 5.54. The number of fused-ring (bicyclic) bond motifs is 1. The molecule has 0 radical (unpaired) electrons. The first-order valence-corrected chi connectivity index (χ1v) is 18.1. The Hall–Kier alpha value is -4.92. The van der Waals surface area contributed by atoms with Gasteiger partial charge >= 0.3 is 37.3 Å². The van der Waals surface area contributed by atoms with Crippen LogP contribution >= 0.6 is 0 Å². The van der Waals surface area contributed by atoms with Gasteiger partial charge in [0, 0.05) is 41.5 Å². The zero-order valence-electron chi connectivity index (χ0n) is 27.3. The van der Waals surface area contributed by atoms with Crippen molar-refractivity contribution < 1.29 is 61.7 Å². The maximum atomic E-state index is 13.9. The fraction of sp³-hybridized carbons (Fsp3) is 0.355. The van der Waals surface area contributed by atoms with E-state index in [1.54, 1.807) is 32.0 Å². The summed E-state index contributed by atoms with van der Waals surface area (Å²) in [5.41, 5.74) is -10.2. The third kappa shape index (κ3) is 7.50. The molecule has 1 N–H and O–H groups in total. The molecule has 1 aliphatic rings. The minimum atomic E-state index is -6.01. The molecule has 2 amide bonds. The average molecular weight is 778 g/mol. The van der Waals surface area contributed by atoms with Gasteiger partial charge in [0.2, 0.25) is 5.91 Å². The Labute approximate surface area is 292 Å². The van der Waals surface area contributed by atoms with E-state index in [1.165, 1.54) is 29.3 Å². The minimum absolute atomic E-state index is 0.0236. The smallest absolute Gasteiger partial charge is 0.453 e. The molecule has 3 heterocycles. The predicted octanol–water partition coefficient (Wildman–Crippen LogP) is 5.74. The quantitative estimate of drug-likeness (QED) is 0.126. The van der Waals surface area contributed by atoms with E-state index >= 15 is 0 Å². The number of alkyl halides is 6. The van der Waals surface area contributed by atoms with Gasteiger partial charge < -0.3 is 19.1 Å². The molecule has 2 atom stereocenters. The van der Waals surface area contributed by atoms with Crippen LogP contribution in [0.15, 0.2) is 60.9 Å². The van der Waals surface area contributed by atoms with Crippen molar-refractivity contribution in [3.05, 3.63) is 66.7 Å². The van der Waals surface area contributed by atoms with Crippen LogP contribution in [0.3, 0.4) is 0 Å². The summed E-state index contributed by atoms with van der Waals surface area (Å²) in [5, 5.41) is 2.81. The number of pyridine rings is 1. The molecule has 0 spiro atoms. The van der Waals surface area contributed by atoms with Crippen LogP contribution in [0.25, 0.3) is 33.3 Å². The van der Waals surface area contributed by atoms with Crippen LogP contribution < -0.4 is 9.50 Å². The van der Waals surface area contributed by atoms with Gasteiger partial charge in [-0.05, 0) is 42.5 Å². The molecule has 2 aromatic heterocycles. The van der Waals surface area contributed by atoms with Crippen molar-refractivity contribution in [2.45, 2.75) is 49.8 Å². The second-order valence-electron chi connectivity index (χ2n) is 11.9. The Bertz CT molecular complexity index is 2220. The lowest BCUT2D eigenvalue weighted by Crippen LogP contribution is -2.51. The first-order valence-electron chi connectivity index (χ1n) is 15.2. The number of imidazole rings is 1. The van der Waals surface area contributed by atoms with Crippen LogP contribution in [-0.2, 0) is 29.7 Å². The van der Waals surface area contributed by atoms with Gasteiger partial charge in [0.1, 0.15) is 17.6 Å². The van der Waals surface area contributed by atoms with E-state index in [0.29, 0.717) is 22.9 Å². The first-order chi connectivity index (χ1) is 24.1. The van der Waals surface area contributed by atoms with Gasteiger partial charge in [-0.3, -0.25) is 9.78 Å². The second kappa shape index (κ2) is 13.9. The number of alkyl carbamates (subject to hydrolysis) is 1. The van der Waals surface area contributed by atoms with Crippen molar-refractivity contribution in [3.8, 4) is 28.1 Å². The number of hydrogen-bond donors (Lipinski definition) is 1. The minimum Gasteiger partial charge on any atom is -0.453 e. The van der Waals surface area contributed by atoms with Crippen LogP contribution in [-0.4, -0.2) is 78.4 Å². The predicted molar refractivity (Wildman–Crippen MR) is 172 cm³/mol. The monoisotopic (exact) mass is 777 g/mol. The molecule has 280 valence electrons. The summed E-state index contributed by atoms with van der Waals surface area (Å²) in [6.07, 6.45) is 1.54. The SMILES string of the molecule is COC(=O)N[C@H](C(=O)N1CCC[C@H]1c1nc(-c2ccc(-c3cnc4cc(OS(=O)(=O)C(F)(F)F)ccc4c3)cc2)cn1S(=O)(=O)C(F)(F)F)C(C)C. The number of rotatable bonds is 9. The highest BCUT2D eigenvalue weighted by atomic mass is 32.2. The number of likely N-dealkylation sites (tertiary alicyclic amines) is 1. The number of carbonyl (C=O) groups excluding carboxylic acids is 2.